The van der Waals surface area contributed by atoms with E-state index in [-0.39, 0.29) is 13.2 Å². The highest BCUT2D eigenvalue weighted by atomic mass is 16.7. The summed E-state index contributed by atoms with van der Waals surface area (Å²) in [6.07, 6.45) is -4.39. The van der Waals surface area contributed by atoms with Crippen LogP contribution in [0.2, 0.25) is 0 Å². The van der Waals surface area contributed by atoms with E-state index in [4.69, 9.17) is 33.2 Å². The SMILES string of the molecule is CC(=O)OC[C@H]1O[C@H](OCC2C=CC(=O)O2)[C@H](OC(C)=O)[C@@H](OC(C)=O)[C@@H]1OC(C)=O. The molecule has 0 bridgehead atoms. The molecule has 0 aliphatic carbocycles. The molecule has 6 atom stereocenters. The molecule has 31 heavy (non-hydrogen) atoms. The molecule has 1 unspecified atom stereocenters. The topological polar surface area (TPSA) is 150 Å². The van der Waals surface area contributed by atoms with E-state index in [0.717, 1.165) is 20.8 Å². The summed E-state index contributed by atoms with van der Waals surface area (Å²) >= 11 is 0. The van der Waals surface area contributed by atoms with E-state index in [1.54, 1.807) is 0 Å². The predicted octanol–water partition coefficient (Wildman–Crippen LogP) is -0.432. The lowest BCUT2D eigenvalue weighted by atomic mass is 9.98. The smallest absolute Gasteiger partial charge is 0.331 e. The molecule has 0 aromatic heterocycles. The van der Waals surface area contributed by atoms with Crippen LogP contribution in [0.5, 0.6) is 0 Å². The van der Waals surface area contributed by atoms with E-state index in [0.29, 0.717) is 0 Å². The highest BCUT2D eigenvalue weighted by Crippen LogP contribution is 2.30. The maximum Gasteiger partial charge on any atom is 0.331 e. The average Bonchev–Trinajstić information content (AvgIpc) is 3.06. The van der Waals surface area contributed by atoms with E-state index < -0.39 is 66.7 Å². The Kier molecular flexibility index (Phi) is 8.51. The monoisotopic (exact) mass is 444 g/mol. The van der Waals surface area contributed by atoms with Crippen LogP contribution in [-0.2, 0) is 57.1 Å². The second-order valence-corrected chi connectivity index (χ2v) is 6.74. The van der Waals surface area contributed by atoms with Gasteiger partial charge in [0.2, 0.25) is 0 Å². The maximum atomic E-state index is 11.7. The zero-order valence-electron chi connectivity index (χ0n) is 17.4. The van der Waals surface area contributed by atoms with Gasteiger partial charge in [0.25, 0.3) is 0 Å². The minimum Gasteiger partial charge on any atom is -0.463 e. The van der Waals surface area contributed by atoms with E-state index in [9.17, 15) is 24.0 Å². The second kappa shape index (κ2) is 10.9. The van der Waals surface area contributed by atoms with Gasteiger partial charge in [0.05, 0.1) is 6.61 Å². The third-order valence-electron chi connectivity index (χ3n) is 4.09. The van der Waals surface area contributed by atoms with Crippen molar-refractivity contribution in [2.45, 2.75) is 64.5 Å². The molecule has 172 valence electrons. The van der Waals surface area contributed by atoms with Crippen molar-refractivity contribution in [1.82, 2.24) is 0 Å². The van der Waals surface area contributed by atoms with Crippen molar-refractivity contribution in [1.29, 1.82) is 0 Å². The standard InChI is InChI=1S/C19H24O12/c1-9(20)25-8-14-16(27-10(2)21)17(28-11(3)22)18(29-12(4)23)19(31-14)26-7-13-5-6-15(24)30-13/h5-6,13-14,16-19H,7-8H2,1-4H3/t13?,14-,16-,17+,18-,19+/m1/s1. The van der Waals surface area contributed by atoms with Crippen molar-refractivity contribution in [2.75, 3.05) is 13.2 Å². The first-order valence-corrected chi connectivity index (χ1v) is 9.37. The summed E-state index contributed by atoms with van der Waals surface area (Å²) in [5.74, 6) is -3.40. The number of cyclic esters (lactones) is 1. The van der Waals surface area contributed by atoms with Crippen LogP contribution in [-0.4, -0.2) is 79.9 Å². The van der Waals surface area contributed by atoms with E-state index in [1.807, 2.05) is 0 Å². The summed E-state index contributed by atoms with van der Waals surface area (Å²) in [5, 5.41) is 0. The van der Waals surface area contributed by atoms with Gasteiger partial charge in [-0.05, 0) is 6.08 Å². The average molecular weight is 444 g/mol. The summed E-state index contributed by atoms with van der Waals surface area (Å²) in [7, 11) is 0. The van der Waals surface area contributed by atoms with Crippen LogP contribution in [0, 0.1) is 0 Å². The molecule has 12 nitrogen and oxygen atoms in total. The molecule has 2 rings (SSSR count). The van der Waals surface area contributed by atoms with Crippen LogP contribution < -0.4 is 0 Å². The lowest BCUT2D eigenvalue weighted by molar-refractivity contribution is -0.310. The largest absolute Gasteiger partial charge is 0.463 e. The Morgan fingerprint density at radius 1 is 0.839 bits per heavy atom. The summed E-state index contributed by atoms with van der Waals surface area (Å²) in [6.45, 7) is 3.99. The molecule has 0 N–H and O–H groups in total. The van der Waals surface area contributed by atoms with E-state index in [2.05, 4.69) is 0 Å². The second-order valence-electron chi connectivity index (χ2n) is 6.74. The molecule has 0 spiro atoms. The number of hydrogen-bond acceptors (Lipinski definition) is 12. The van der Waals surface area contributed by atoms with Crippen LogP contribution in [0.1, 0.15) is 27.7 Å². The quantitative estimate of drug-likeness (QED) is 0.353. The van der Waals surface area contributed by atoms with Crippen LogP contribution in [0.3, 0.4) is 0 Å². The van der Waals surface area contributed by atoms with Crippen molar-refractivity contribution in [3.05, 3.63) is 12.2 Å². The summed E-state index contributed by atoms with van der Waals surface area (Å²) in [5.41, 5.74) is 0. The Hall–Kier alpha value is -2.99. The fourth-order valence-corrected chi connectivity index (χ4v) is 3.02. The highest BCUT2D eigenvalue weighted by molar-refractivity contribution is 5.84. The molecule has 1 fully saturated rings. The van der Waals surface area contributed by atoms with Gasteiger partial charge < -0.3 is 33.2 Å². The van der Waals surface area contributed by atoms with Gasteiger partial charge in [-0.1, -0.05) is 0 Å². The first kappa shape index (κ1) is 24.3. The first-order valence-electron chi connectivity index (χ1n) is 9.37. The summed E-state index contributed by atoms with van der Waals surface area (Å²) in [6, 6.07) is 0. The third-order valence-corrected chi connectivity index (χ3v) is 4.09. The lowest BCUT2D eigenvalue weighted by Gasteiger charge is -2.44. The van der Waals surface area contributed by atoms with Gasteiger partial charge in [0.15, 0.2) is 24.6 Å². The van der Waals surface area contributed by atoms with E-state index >= 15 is 0 Å². The van der Waals surface area contributed by atoms with Crippen molar-refractivity contribution in [3.8, 4) is 0 Å². The molecule has 2 aliphatic rings. The number of carbonyl (C=O) groups is 5. The van der Waals surface area contributed by atoms with Crippen LogP contribution in [0.25, 0.3) is 0 Å². The Morgan fingerprint density at radius 2 is 1.42 bits per heavy atom. The number of ether oxygens (including phenoxy) is 7. The van der Waals surface area contributed by atoms with Crippen molar-refractivity contribution < 1.29 is 57.1 Å². The molecule has 2 heterocycles. The Bertz CT molecular complexity index is 744. The molecule has 0 radical (unpaired) electrons. The molecule has 1 saturated heterocycles. The summed E-state index contributed by atoms with van der Waals surface area (Å²) in [4.78, 5) is 57.5. The molecule has 0 saturated carbocycles. The van der Waals surface area contributed by atoms with Gasteiger partial charge in [-0.2, -0.15) is 0 Å². The van der Waals surface area contributed by atoms with Gasteiger partial charge in [-0.25, -0.2) is 4.79 Å². The molecule has 0 aromatic carbocycles. The van der Waals surface area contributed by atoms with Gasteiger partial charge in [-0.15, -0.1) is 0 Å². The normalized spacial score (nSPS) is 29.6. The molecule has 0 amide bonds. The highest BCUT2D eigenvalue weighted by Gasteiger charge is 2.52. The third kappa shape index (κ3) is 7.33. The Balaban J connectivity index is 2.30. The van der Waals surface area contributed by atoms with Crippen LogP contribution >= 0.6 is 0 Å². The van der Waals surface area contributed by atoms with Crippen molar-refractivity contribution in [2.24, 2.45) is 0 Å². The molecule has 12 heteroatoms. The fourth-order valence-electron chi connectivity index (χ4n) is 3.02. The lowest BCUT2D eigenvalue weighted by Crippen LogP contribution is -2.63. The molecule has 2 aliphatic heterocycles. The Morgan fingerprint density at radius 3 is 1.94 bits per heavy atom. The van der Waals surface area contributed by atoms with Crippen molar-refractivity contribution in [3.63, 3.8) is 0 Å². The van der Waals surface area contributed by atoms with Gasteiger partial charge in [-0.3, -0.25) is 19.2 Å². The molecule has 0 aromatic rings. The molecular weight excluding hydrogens is 420 g/mol. The summed E-state index contributed by atoms with van der Waals surface area (Å²) < 4.78 is 37.1. The number of carbonyl (C=O) groups excluding carboxylic acids is 5. The fraction of sp³-hybridized carbons (Fsp3) is 0.632. The maximum absolute atomic E-state index is 11.7. The van der Waals surface area contributed by atoms with Gasteiger partial charge in [0.1, 0.15) is 18.8 Å². The van der Waals surface area contributed by atoms with Crippen LogP contribution in [0.15, 0.2) is 12.2 Å². The minimum absolute atomic E-state index is 0.171. The van der Waals surface area contributed by atoms with Crippen molar-refractivity contribution >= 4 is 29.8 Å². The zero-order valence-corrected chi connectivity index (χ0v) is 17.4. The number of rotatable bonds is 8. The number of esters is 5. The van der Waals surface area contributed by atoms with E-state index in [1.165, 1.54) is 19.1 Å². The van der Waals surface area contributed by atoms with Gasteiger partial charge in [0, 0.05) is 33.8 Å². The van der Waals surface area contributed by atoms with Crippen LogP contribution in [0.4, 0.5) is 0 Å². The Labute approximate surface area is 177 Å². The first-order chi connectivity index (χ1) is 14.6. The molecular formula is C19H24O12. The number of hydrogen-bond donors (Lipinski definition) is 0. The van der Waals surface area contributed by atoms with Gasteiger partial charge >= 0.3 is 29.8 Å². The zero-order chi connectivity index (χ0) is 23.1. The minimum atomic E-state index is -1.33. The predicted molar refractivity (Wildman–Crippen MR) is 96.9 cm³/mol.